The lowest BCUT2D eigenvalue weighted by atomic mass is 10.1. The summed E-state index contributed by atoms with van der Waals surface area (Å²) in [6.45, 7) is 6.09. The van der Waals surface area contributed by atoms with E-state index in [4.69, 9.17) is 0 Å². The van der Waals surface area contributed by atoms with E-state index in [0.717, 1.165) is 12.8 Å². The van der Waals surface area contributed by atoms with Crippen molar-refractivity contribution >= 4 is 0 Å². The van der Waals surface area contributed by atoms with Crippen molar-refractivity contribution in [1.82, 2.24) is 0 Å². The predicted molar refractivity (Wildman–Crippen MR) is 80.1 cm³/mol. The van der Waals surface area contributed by atoms with Gasteiger partial charge < -0.3 is 0 Å². The van der Waals surface area contributed by atoms with E-state index in [1.807, 2.05) is 0 Å². The minimum absolute atomic E-state index is 1.02. The fourth-order valence-corrected chi connectivity index (χ4v) is 1.82. The first-order chi connectivity index (χ1) is 8.41. The zero-order valence-corrected chi connectivity index (χ0v) is 11.8. The first-order valence-corrected chi connectivity index (χ1v) is 7.51. The van der Waals surface area contributed by atoms with Crippen LogP contribution in [0, 0.1) is 6.92 Å². The molecule has 0 saturated heterocycles. The van der Waals surface area contributed by atoms with Crippen LogP contribution in [-0.4, -0.2) is 0 Å². The van der Waals surface area contributed by atoms with Crippen LogP contribution in [0.25, 0.3) is 0 Å². The second-order valence-electron chi connectivity index (χ2n) is 4.72. The molecule has 0 aliphatic heterocycles. The smallest absolute Gasteiger partial charge is 0.0316 e. The van der Waals surface area contributed by atoms with E-state index in [9.17, 15) is 0 Å². The third kappa shape index (κ3) is 15.5. The van der Waals surface area contributed by atoms with Crippen LogP contribution in [0.15, 0.2) is 24.3 Å². The summed E-state index contributed by atoms with van der Waals surface area (Å²) in [5.41, 5.74) is 0. The number of rotatable bonds is 12. The van der Waals surface area contributed by atoms with Crippen molar-refractivity contribution in [2.24, 2.45) is 0 Å². The predicted octanol–water partition coefficient (Wildman–Crippen LogP) is 6.24. The van der Waals surface area contributed by atoms with Gasteiger partial charge in [0, 0.05) is 0 Å². The standard InChI is InChI=1S/C17H31/c1-3-5-7-9-11-13-15-17-16-14-12-10-8-6-4-2/h7,9,15,17H,1,3-6,8,10-14,16H2,2H3/b9-7+,17-15+. The highest BCUT2D eigenvalue weighted by Gasteiger charge is 1.87. The monoisotopic (exact) mass is 235 g/mol. The Hall–Kier alpha value is -0.520. The van der Waals surface area contributed by atoms with Crippen LogP contribution in [-0.2, 0) is 0 Å². The summed E-state index contributed by atoms with van der Waals surface area (Å²) in [6.07, 6.45) is 23.4. The molecule has 0 aromatic carbocycles. The van der Waals surface area contributed by atoms with E-state index in [1.54, 1.807) is 0 Å². The highest BCUT2D eigenvalue weighted by atomic mass is 13.9. The van der Waals surface area contributed by atoms with Gasteiger partial charge in [-0.1, -0.05) is 70.3 Å². The van der Waals surface area contributed by atoms with E-state index < -0.39 is 0 Å². The summed E-state index contributed by atoms with van der Waals surface area (Å²) in [7, 11) is 0. The van der Waals surface area contributed by atoms with Gasteiger partial charge in [0.25, 0.3) is 0 Å². The van der Waals surface area contributed by atoms with Gasteiger partial charge >= 0.3 is 0 Å². The Morgan fingerprint density at radius 1 is 0.647 bits per heavy atom. The number of hydrogen-bond acceptors (Lipinski definition) is 0. The molecule has 1 radical (unpaired) electrons. The van der Waals surface area contributed by atoms with E-state index in [0.29, 0.717) is 0 Å². The molecule has 99 valence electrons. The van der Waals surface area contributed by atoms with E-state index in [1.165, 1.54) is 57.8 Å². The minimum Gasteiger partial charge on any atom is -0.0885 e. The molecule has 0 N–H and O–H groups in total. The molecule has 0 aromatic rings. The first-order valence-electron chi connectivity index (χ1n) is 7.51. The quantitative estimate of drug-likeness (QED) is 0.277. The van der Waals surface area contributed by atoms with Gasteiger partial charge in [0.2, 0.25) is 0 Å². The second-order valence-corrected chi connectivity index (χ2v) is 4.72. The zero-order chi connectivity index (χ0) is 12.6. The topological polar surface area (TPSA) is 0 Å². The van der Waals surface area contributed by atoms with Crippen molar-refractivity contribution in [3.8, 4) is 0 Å². The van der Waals surface area contributed by atoms with Gasteiger partial charge in [0.15, 0.2) is 0 Å². The molecular weight excluding hydrogens is 204 g/mol. The molecule has 0 aliphatic carbocycles. The third-order valence-corrected chi connectivity index (χ3v) is 2.93. The molecule has 0 unspecified atom stereocenters. The van der Waals surface area contributed by atoms with Crippen molar-refractivity contribution in [3.63, 3.8) is 0 Å². The van der Waals surface area contributed by atoms with Crippen LogP contribution in [0.1, 0.15) is 77.6 Å². The maximum absolute atomic E-state index is 3.81. The summed E-state index contributed by atoms with van der Waals surface area (Å²) in [4.78, 5) is 0. The lowest BCUT2D eigenvalue weighted by Gasteiger charge is -1.97. The Morgan fingerprint density at radius 2 is 1.18 bits per heavy atom. The average molecular weight is 235 g/mol. The van der Waals surface area contributed by atoms with Crippen LogP contribution in [0.2, 0.25) is 0 Å². The van der Waals surface area contributed by atoms with Crippen molar-refractivity contribution in [2.75, 3.05) is 0 Å². The highest BCUT2D eigenvalue weighted by molar-refractivity contribution is 4.88. The van der Waals surface area contributed by atoms with Crippen molar-refractivity contribution < 1.29 is 0 Å². The molecule has 0 rings (SSSR count). The number of unbranched alkanes of at least 4 members (excludes halogenated alkanes) is 8. The Bertz CT molecular complexity index is 176. The molecule has 0 aliphatic rings. The summed E-state index contributed by atoms with van der Waals surface area (Å²) in [6, 6.07) is 0. The molecular formula is C17H31. The van der Waals surface area contributed by atoms with E-state index in [2.05, 4.69) is 38.2 Å². The zero-order valence-electron chi connectivity index (χ0n) is 11.8. The molecule has 0 heteroatoms. The average Bonchev–Trinajstić information content (AvgIpc) is 2.35. The highest BCUT2D eigenvalue weighted by Crippen LogP contribution is 2.07. The van der Waals surface area contributed by atoms with Crippen LogP contribution in [0.4, 0.5) is 0 Å². The van der Waals surface area contributed by atoms with Crippen molar-refractivity contribution in [1.29, 1.82) is 0 Å². The SMILES string of the molecule is [CH2]CC/C=C/CC/C=C/CCCCCCCC. The summed E-state index contributed by atoms with van der Waals surface area (Å²) < 4.78 is 0. The van der Waals surface area contributed by atoms with Gasteiger partial charge in [-0.3, -0.25) is 0 Å². The lowest BCUT2D eigenvalue weighted by Crippen LogP contribution is -1.77. The summed E-state index contributed by atoms with van der Waals surface area (Å²) in [5, 5.41) is 0. The van der Waals surface area contributed by atoms with Crippen LogP contribution in [0.3, 0.4) is 0 Å². The third-order valence-electron chi connectivity index (χ3n) is 2.93. The van der Waals surface area contributed by atoms with Gasteiger partial charge in [-0.25, -0.2) is 0 Å². The largest absolute Gasteiger partial charge is 0.0885 e. The molecule has 17 heavy (non-hydrogen) atoms. The Balaban J connectivity index is 3.09. The van der Waals surface area contributed by atoms with Gasteiger partial charge in [-0.2, -0.15) is 0 Å². The fraction of sp³-hybridized carbons (Fsp3) is 0.706. The first kappa shape index (κ1) is 16.5. The molecule has 0 atom stereocenters. The minimum atomic E-state index is 1.02. The Labute approximate surface area is 109 Å². The molecule has 0 heterocycles. The lowest BCUT2D eigenvalue weighted by molar-refractivity contribution is 0.611. The van der Waals surface area contributed by atoms with Crippen LogP contribution in [0.5, 0.6) is 0 Å². The fourth-order valence-electron chi connectivity index (χ4n) is 1.82. The molecule has 0 fully saturated rings. The molecule has 0 aromatic heterocycles. The van der Waals surface area contributed by atoms with Gasteiger partial charge in [0.1, 0.15) is 0 Å². The molecule has 0 nitrogen and oxygen atoms in total. The van der Waals surface area contributed by atoms with Crippen LogP contribution < -0.4 is 0 Å². The maximum atomic E-state index is 3.81. The summed E-state index contributed by atoms with van der Waals surface area (Å²) in [5.74, 6) is 0. The number of hydrogen-bond donors (Lipinski definition) is 0. The molecule has 0 bridgehead atoms. The Kier molecular flexibility index (Phi) is 15.0. The van der Waals surface area contributed by atoms with Gasteiger partial charge in [0.05, 0.1) is 0 Å². The summed E-state index contributed by atoms with van der Waals surface area (Å²) >= 11 is 0. The van der Waals surface area contributed by atoms with Gasteiger partial charge in [-0.15, -0.1) is 0 Å². The van der Waals surface area contributed by atoms with Crippen molar-refractivity contribution in [3.05, 3.63) is 31.2 Å². The maximum Gasteiger partial charge on any atom is -0.0316 e. The molecule has 0 spiro atoms. The van der Waals surface area contributed by atoms with Crippen LogP contribution >= 0.6 is 0 Å². The van der Waals surface area contributed by atoms with Gasteiger partial charge in [-0.05, 0) is 38.5 Å². The Morgan fingerprint density at radius 3 is 1.82 bits per heavy atom. The normalized spacial score (nSPS) is 11.9. The molecule has 0 amide bonds. The second kappa shape index (κ2) is 15.5. The van der Waals surface area contributed by atoms with E-state index >= 15 is 0 Å². The van der Waals surface area contributed by atoms with E-state index in [-0.39, 0.29) is 0 Å². The molecule has 0 saturated carbocycles. The van der Waals surface area contributed by atoms with Crippen molar-refractivity contribution in [2.45, 2.75) is 77.6 Å². The number of allylic oxidation sites excluding steroid dienone is 4.